The van der Waals surface area contributed by atoms with E-state index >= 15 is 0 Å². The molecule has 0 atom stereocenters. The molecular weight excluding hydrogens is 427 g/mol. The molecular formula is C18H20Cl2N2O3S2. The Morgan fingerprint density at radius 1 is 1.11 bits per heavy atom. The highest BCUT2D eigenvalue weighted by Crippen LogP contribution is 2.28. The van der Waals surface area contributed by atoms with Gasteiger partial charge in [-0.3, -0.25) is 4.79 Å². The number of nitrogens with one attached hydrogen (secondary N) is 2. The molecule has 9 heteroatoms. The van der Waals surface area contributed by atoms with E-state index in [4.69, 9.17) is 23.2 Å². The van der Waals surface area contributed by atoms with Crippen molar-refractivity contribution in [3.63, 3.8) is 0 Å². The predicted molar refractivity (Wildman–Crippen MR) is 114 cm³/mol. The Bertz CT molecular complexity index is 888. The minimum Gasteiger partial charge on any atom is -0.375 e. The summed E-state index contributed by atoms with van der Waals surface area (Å²) >= 11 is 13.5. The van der Waals surface area contributed by atoms with Crippen LogP contribution in [-0.2, 0) is 20.4 Å². The van der Waals surface area contributed by atoms with Crippen LogP contribution in [0, 0.1) is 0 Å². The zero-order valence-electron chi connectivity index (χ0n) is 14.7. The lowest BCUT2D eigenvalue weighted by Gasteiger charge is -2.12. The normalized spacial score (nSPS) is 11.2. The van der Waals surface area contributed by atoms with Crippen molar-refractivity contribution in [2.24, 2.45) is 0 Å². The third-order valence-corrected chi connectivity index (χ3v) is 6.42. The second-order valence-corrected chi connectivity index (χ2v) is 9.67. The molecule has 0 fully saturated rings. The van der Waals surface area contributed by atoms with E-state index in [9.17, 15) is 13.2 Å². The molecule has 2 aromatic carbocycles. The van der Waals surface area contributed by atoms with Gasteiger partial charge in [-0.25, -0.2) is 8.42 Å². The highest BCUT2D eigenvalue weighted by molar-refractivity contribution is 7.98. The number of anilines is 1. The summed E-state index contributed by atoms with van der Waals surface area (Å²) in [6, 6.07) is 12.4. The fourth-order valence-electron chi connectivity index (χ4n) is 2.30. The van der Waals surface area contributed by atoms with Crippen molar-refractivity contribution in [1.29, 1.82) is 0 Å². The lowest BCUT2D eigenvalue weighted by molar-refractivity contribution is -0.119. The second-order valence-electron chi connectivity index (χ2n) is 5.77. The van der Waals surface area contributed by atoms with Gasteiger partial charge >= 0.3 is 0 Å². The van der Waals surface area contributed by atoms with Crippen LogP contribution in [0.2, 0.25) is 10.0 Å². The van der Waals surface area contributed by atoms with Crippen molar-refractivity contribution in [2.75, 3.05) is 30.4 Å². The molecule has 0 aliphatic carbocycles. The Hall–Kier alpha value is -1.41. The number of benzene rings is 2. The lowest BCUT2D eigenvalue weighted by atomic mass is 10.2. The first kappa shape index (κ1) is 21.9. The molecule has 0 saturated carbocycles. The molecule has 0 heterocycles. The summed E-state index contributed by atoms with van der Waals surface area (Å²) in [5.74, 6) is 1.38. The molecule has 0 radical (unpaired) electrons. The maximum atomic E-state index is 12.0. The van der Waals surface area contributed by atoms with Gasteiger partial charge in [-0.15, -0.1) is 0 Å². The summed E-state index contributed by atoms with van der Waals surface area (Å²) in [5, 5.41) is 6.47. The molecule has 0 aromatic heterocycles. The van der Waals surface area contributed by atoms with Crippen LogP contribution in [0.3, 0.4) is 0 Å². The number of halogens is 2. The Morgan fingerprint density at radius 3 is 2.48 bits per heavy atom. The minimum atomic E-state index is -3.50. The van der Waals surface area contributed by atoms with Crippen LogP contribution in [-0.4, -0.2) is 39.4 Å². The molecule has 0 spiro atoms. The fraction of sp³-hybridized carbons (Fsp3) is 0.278. The molecule has 27 heavy (non-hydrogen) atoms. The molecule has 146 valence electrons. The monoisotopic (exact) mass is 446 g/mol. The second kappa shape index (κ2) is 10.2. The van der Waals surface area contributed by atoms with Crippen molar-refractivity contribution in [2.45, 2.75) is 10.6 Å². The highest BCUT2D eigenvalue weighted by Gasteiger charge is 2.17. The topological polar surface area (TPSA) is 75.3 Å². The van der Waals surface area contributed by atoms with Crippen molar-refractivity contribution in [1.82, 2.24) is 5.32 Å². The summed E-state index contributed by atoms with van der Waals surface area (Å²) < 4.78 is 23.7. The van der Waals surface area contributed by atoms with Crippen LogP contribution < -0.4 is 10.6 Å². The van der Waals surface area contributed by atoms with Crippen LogP contribution in [0.15, 0.2) is 47.4 Å². The van der Waals surface area contributed by atoms with Gasteiger partial charge in [0.15, 0.2) is 9.84 Å². The van der Waals surface area contributed by atoms with Gasteiger partial charge in [0.25, 0.3) is 0 Å². The molecule has 5 nitrogen and oxygen atoms in total. The summed E-state index contributed by atoms with van der Waals surface area (Å²) in [5.41, 5.74) is 1.49. The first-order valence-corrected chi connectivity index (χ1v) is 11.9. The van der Waals surface area contributed by atoms with Gasteiger partial charge in [0.1, 0.15) is 4.90 Å². The predicted octanol–water partition coefficient (Wildman–Crippen LogP) is 3.86. The number of carbonyl (C=O) groups excluding carboxylic acids is 1. The van der Waals surface area contributed by atoms with Gasteiger partial charge in [-0.2, -0.15) is 11.8 Å². The smallest absolute Gasteiger partial charge is 0.239 e. The molecule has 2 aromatic rings. The quantitative estimate of drug-likeness (QED) is 0.571. The van der Waals surface area contributed by atoms with Gasteiger partial charge in [0.05, 0.1) is 17.3 Å². The molecule has 2 N–H and O–H groups in total. The van der Waals surface area contributed by atoms with E-state index in [1.165, 1.54) is 11.6 Å². The zero-order chi connectivity index (χ0) is 19.9. The van der Waals surface area contributed by atoms with E-state index in [0.717, 1.165) is 17.8 Å². The van der Waals surface area contributed by atoms with E-state index in [0.29, 0.717) is 17.3 Å². The van der Waals surface area contributed by atoms with Crippen molar-refractivity contribution < 1.29 is 13.2 Å². The number of rotatable bonds is 9. The number of sulfone groups is 1. The first-order chi connectivity index (χ1) is 12.8. The van der Waals surface area contributed by atoms with Gasteiger partial charge in [0, 0.05) is 29.3 Å². The maximum Gasteiger partial charge on any atom is 0.239 e. The van der Waals surface area contributed by atoms with Gasteiger partial charge in [-0.1, -0.05) is 41.4 Å². The number of carbonyl (C=O) groups is 1. The SMILES string of the molecule is CS(=O)(=O)c1c(Cl)cccc1NCC(=O)NCCSCc1ccc(Cl)cc1. The van der Waals surface area contributed by atoms with Crippen molar-refractivity contribution in [3.8, 4) is 0 Å². The average molecular weight is 447 g/mol. The first-order valence-electron chi connectivity index (χ1n) is 8.08. The zero-order valence-corrected chi connectivity index (χ0v) is 17.8. The van der Waals surface area contributed by atoms with Gasteiger partial charge in [0.2, 0.25) is 5.91 Å². The van der Waals surface area contributed by atoms with E-state index in [1.54, 1.807) is 23.9 Å². The van der Waals surface area contributed by atoms with Gasteiger partial charge in [-0.05, 0) is 29.8 Å². The summed E-state index contributed by atoms with van der Waals surface area (Å²) in [6.45, 7) is 0.484. The van der Waals surface area contributed by atoms with Crippen LogP contribution in [0.1, 0.15) is 5.56 Å². The van der Waals surface area contributed by atoms with E-state index < -0.39 is 9.84 Å². The minimum absolute atomic E-state index is 0.00186. The Morgan fingerprint density at radius 2 is 1.81 bits per heavy atom. The standard InChI is InChI=1S/C18H20Cl2N2O3S2/c1-27(24,25)18-15(20)3-2-4-16(18)22-11-17(23)21-9-10-26-12-13-5-7-14(19)8-6-13/h2-8,22H,9-12H2,1H3,(H,21,23). The van der Waals surface area contributed by atoms with Crippen LogP contribution in [0.25, 0.3) is 0 Å². The summed E-state index contributed by atoms with van der Waals surface area (Å²) in [4.78, 5) is 12.0. The molecule has 0 unspecified atom stereocenters. The lowest BCUT2D eigenvalue weighted by Crippen LogP contribution is -2.31. The molecule has 0 aliphatic rings. The highest BCUT2D eigenvalue weighted by atomic mass is 35.5. The number of amides is 1. The van der Waals surface area contributed by atoms with E-state index in [2.05, 4.69) is 10.6 Å². The van der Waals surface area contributed by atoms with E-state index in [1.807, 2.05) is 24.3 Å². The Labute approximate surface area is 173 Å². The average Bonchev–Trinajstić information content (AvgIpc) is 2.60. The fourth-order valence-corrected chi connectivity index (χ4v) is 4.80. The van der Waals surface area contributed by atoms with Crippen LogP contribution in [0.4, 0.5) is 5.69 Å². The molecule has 0 aliphatic heterocycles. The maximum absolute atomic E-state index is 12.0. The summed E-state index contributed by atoms with van der Waals surface area (Å²) in [7, 11) is -3.50. The Balaban J connectivity index is 1.74. The van der Waals surface area contributed by atoms with Crippen molar-refractivity contribution >= 4 is 56.4 Å². The number of thioether (sulfide) groups is 1. The molecule has 1 amide bonds. The molecule has 2 rings (SSSR count). The van der Waals surface area contributed by atoms with Crippen molar-refractivity contribution in [3.05, 3.63) is 58.1 Å². The third kappa shape index (κ3) is 7.25. The Kier molecular flexibility index (Phi) is 8.28. The van der Waals surface area contributed by atoms with Crippen LogP contribution >= 0.6 is 35.0 Å². The van der Waals surface area contributed by atoms with Crippen LogP contribution in [0.5, 0.6) is 0 Å². The van der Waals surface area contributed by atoms with Gasteiger partial charge < -0.3 is 10.6 Å². The number of hydrogen-bond donors (Lipinski definition) is 2. The summed E-state index contributed by atoms with van der Waals surface area (Å²) in [6.07, 6.45) is 1.08. The van der Waals surface area contributed by atoms with E-state index in [-0.39, 0.29) is 22.4 Å². The molecule has 0 saturated heterocycles. The third-order valence-electron chi connectivity index (χ3n) is 3.53. The molecule has 0 bridgehead atoms. The number of hydrogen-bond acceptors (Lipinski definition) is 5. The largest absolute Gasteiger partial charge is 0.375 e.